The van der Waals surface area contributed by atoms with Crippen molar-refractivity contribution in [2.24, 2.45) is 0 Å². The molecule has 0 saturated carbocycles. The summed E-state index contributed by atoms with van der Waals surface area (Å²) in [6.45, 7) is 4.58. The average Bonchev–Trinajstić information content (AvgIpc) is 3.96. The highest BCUT2D eigenvalue weighted by Crippen LogP contribution is 2.51. The maximum atomic E-state index is 16.2. The zero-order valence-electron chi connectivity index (χ0n) is 48.1. The molecule has 9 rings (SSSR count). The summed E-state index contributed by atoms with van der Waals surface area (Å²) < 4.78 is 0. The van der Waals surface area contributed by atoms with Gasteiger partial charge in [0.15, 0.2) is 5.78 Å². The van der Waals surface area contributed by atoms with E-state index < -0.39 is 0 Å². The third-order valence-electron chi connectivity index (χ3n) is 16.5. The Hall–Kier alpha value is -7.53. The predicted molar refractivity (Wildman–Crippen MR) is 345 cm³/mol. The molecular weight excluding hydrogens is 965 g/mol. The van der Waals surface area contributed by atoms with Gasteiger partial charge in [-0.2, -0.15) is 0 Å². The van der Waals surface area contributed by atoms with E-state index in [0.717, 1.165) is 90.7 Å². The molecule has 0 fully saturated rings. The number of carbonyl (C=O) groups excluding carboxylic acids is 1. The Morgan fingerprint density at radius 1 is 0.287 bits per heavy atom. The maximum Gasteiger partial charge on any atom is 0.195 e. The molecule has 1 aliphatic carbocycles. The van der Waals surface area contributed by atoms with Crippen molar-refractivity contribution < 1.29 is 4.79 Å². The van der Waals surface area contributed by atoms with Crippen LogP contribution in [-0.4, -0.2) is 5.78 Å². The monoisotopic (exact) mass is 1050 g/mol. The maximum absolute atomic E-state index is 16.2. The topological polar surface area (TPSA) is 17.1 Å². The summed E-state index contributed by atoms with van der Waals surface area (Å²) in [5.41, 5.74) is 19.3. The molecule has 0 N–H and O–H groups in total. The van der Waals surface area contributed by atoms with Gasteiger partial charge < -0.3 is 0 Å². The van der Waals surface area contributed by atoms with E-state index in [0.29, 0.717) is 11.1 Å². The van der Waals surface area contributed by atoms with Crippen molar-refractivity contribution in [2.75, 3.05) is 0 Å². The van der Waals surface area contributed by atoms with Crippen molar-refractivity contribution in [3.8, 4) is 56.9 Å². The van der Waals surface area contributed by atoms with Crippen molar-refractivity contribution >= 4 is 28.1 Å². The number of carbonyl (C=O) groups is 1. The number of aryl methyl sites for hydroxylation is 2. The number of Topliss-reactive ketones (excluding diaryl/α,β-unsaturated/α-hetero) is 1. The largest absolute Gasteiger partial charge is 0.289 e. The highest BCUT2D eigenvalue weighted by Gasteiger charge is 2.36. The zero-order chi connectivity index (χ0) is 55.1. The van der Waals surface area contributed by atoms with Crippen molar-refractivity contribution in [2.45, 2.75) is 155 Å². The highest BCUT2D eigenvalue weighted by atomic mass is 16.1. The molecule has 406 valence electrons. The van der Waals surface area contributed by atoms with Gasteiger partial charge in [-0.1, -0.05) is 311 Å². The van der Waals surface area contributed by atoms with Crippen molar-refractivity contribution in [1.29, 1.82) is 0 Å². The molecule has 0 aliphatic heterocycles. The van der Waals surface area contributed by atoms with Crippen LogP contribution in [-0.2, 0) is 17.6 Å². The summed E-state index contributed by atoms with van der Waals surface area (Å²) in [5, 5.41) is 0. The molecule has 0 saturated heterocycles. The van der Waals surface area contributed by atoms with Crippen molar-refractivity contribution in [1.82, 2.24) is 0 Å². The number of allylic oxidation sites excluding steroid dienone is 4. The molecule has 0 atom stereocenters. The number of unbranched alkanes of at least 4 members (excludes halogenated alkanes) is 18. The first-order valence-corrected chi connectivity index (χ1v) is 30.8. The third-order valence-corrected chi connectivity index (χ3v) is 16.5. The highest BCUT2D eigenvalue weighted by molar-refractivity contribution is 6.59. The summed E-state index contributed by atoms with van der Waals surface area (Å²) >= 11 is 0. The second-order valence-corrected chi connectivity index (χ2v) is 22.4. The van der Waals surface area contributed by atoms with Crippen LogP contribution in [0.1, 0.15) is 181 Å². The Balaban J connectivity index is 1.05. The number of benzene rings is 8. The van der Waals surface area contributed by atoms with E-state index in [4.69, 9.17) is 6.42 Å². The Kier molecular flexibility index (Phi) is 21.6. The van der Waals surface area contributed by atoms with Gasteiger partial charge in [-0.15, -0.1) is 6.42 Å². The molecular formula is C79H84O. The van der Waals surface area contributed by atoms with Crippen molar-refractivity contribution in [3.05, 3.63) is 239 Å². The number of ketones is 1. The van der Waals surface area contributed by atoms with E-state index in [9.17, 15) is 0 Å². The van der Waals surface area contributed by atoms with Crippen LogP contribution in [0.2, 0.25) is 0 Å². The van der Waals surface area contributed by atoms with Crippen LogP contribution in [0.4, 0.5) is 0 Å². The average molecular weight is 1050 g/mol. The second kappa shape index (κ2) is 30.2. The number of rotatable bonds is 30. The van der Waals surface area contributed by atoms with E-state index >= 15 is 4.79 Å². The Labute approximate surface area is 481 Å². The quantitative estimate of drug-likeness (QED) is 0.0324. The fourth-order valence-corrected chi connectivity index (χ4v) is 12.1. The number of terminal acetylenes is 1. The lowest BCUT2D eigenvalue weighted by molar-refractivity contribution is -0.108. The molecule has 0 unspecified atom stereocenters. The Morgan fingerprint density at radius 3 is 1.01 bits per heavy atom. The van der Waals surface area contributed by atoms with Crippen LogP contribution in [0.3, 0.4) is 0 Å². The molecule has 8 aromatic rings. The zero-order valence-corrected chi connectivity index (χ0v) is 48.1. The molecule has 0 amide bonds. The first-order chi connectivity index (χ1) is 39.5. The van der Waals surface area contributed by atoms with Crippen molar-refractivity contribution in [3.63, 3.8) is 0 Å². The van der Waals surface area contributed by atoms with E-state index in [1.165, 1.54) is 145 Å². The number of hydrogen-bond acceptors (Lipinski definition) is 1. The van der Waals surface area contributed by atoms with Crippen LogP contribution < -0.4 is 0 Å². The van der Waals surface area contributed by atoms with Gasteiger partial charge in [-0.05, 0) is 128 Å². The van der Waals surface area contributed by atoms with Crippen LogP contribution in [0, 0.1) is 12.3 Å². The molecule has 0 bridgehead atoms. The fourth-order valence-electron chi connectivity index (χ4n) is 12.1. The van der Waals surface area contributed by atoms with Gasteiger partial charge in [0, 0.05) is 27.9 Å². The van der Waals surface area contributed by atoms with E-state index in [2.05, 4.69) is 202 Å². The normalized spacial score (nSPS) is 12.4. The van der Waals surface area contributed by atoms with E-state index in [-0.39, 0.29) is 5.78 Å². The minimum atomic E-state index is -0.00357. The first kappa shape index (κ1) is 57.2. The Morgan fingerprint density at radius 2 is 0.613 bits per heavy atom. The summed E-state index contributed by atoms with van der Waals surface area (Å²) in [7, 11) is 0. The minimum absolute atomic E-state index is 0.00357. The smallest absolute Gasteiger partial charge is 0.195 e. The lowest BCUT2D eigenvalue weighted by Crippen LogP contribution is -2.03. The second-order valence-electron chi connectivity index (χ2n) is 22.4. The molecule has 1 aliphatic rings. The lowest BCUT2D eigenvalue weighted by atomic mass is 9.86. The molecule has 0 aromatic heterocycles. The van der Waals surface area contributed by atoms with Gasteiger partial charge in [0.05, 0.1) is 0 Å². The van der Waals surface area contributed by atoms with Crippen LogP contribution in [0.5, 0.6) is 0 Å². The van der Waals surface area contributed by atoms with Gasteiger partial charge in [0.2, 0.25) is 0 Å². The van der Waals surface area contributed by atoms with Gasteiger partial charge in [0.25, 0.3) is 0 Å². The van der Waals surface area contributed by atoms with E-state index in [1.54, 1.807) is 0 Å². The number of hydrogen-bond donors (Lipinski definition) is 0. The fraction of sp³-hybridized carbons (Fsp3) is 0.304. The molecule has 0 heterocycles. The van der Waals surface area contributed by atoms with E-state index in [1.807, 2.05) is 18.2 Å². The molecule has 1 nitrogen and oxygen atoms in total. The molecule has 1 heteroatoms. The third kappa shape index (κ3) is 15.0. The van der Waals surface area contributed by atoms with Gasteiger partial charge in [0.1, 0.15) is 0 Å². The van der Waals surface area contributed by atoms with Gasteiger partial charge in [-0.25, -0.2) is 0 Å². The predicted octanol–water partition coefficient (Wildman–Crippen LogP) is 22.4. The molecule has 0 spiro atoms. The standard InChI is InChI=1S/C79H84O/c1-4-7-9-11-13-15-17-19-21-26-35-61-45-49-65(50-46-61)71-55-53-69(58-73(71)63-38-28-23-29-39-63)77-75(67-42-32-25-33-43-67)76(68-44-34-37-60(6-3)57-68)78(79(77)80)70-54-56-72(74(59-70)64-40-30-24-31-41-64)66-51-47-62(48-52-66)36-27-22-20-18-16-14-12-10-8-5-2/h3,23-25,28-34,37-59H,4-5,7-22,26-27,35-36H2,1-2H3. The summed E-state index contributed by atoms with van der Waals surface area (Å²) in [6, 6.07) is 71.7. The summed E-state index contributed by atoms with van der Waals surface area (Å²) in [5.74, 6) is 2.89. The molecule has 8 aromatic carbocycles. The lowest BCUT2D eigenvalue weighted by Gasteiger charge is -2.16. The Bertz CT molecular complexity index is 3330. The first-order valence-electron chi connectivity index (χ1n) is 30.8. The van der Waals surface area contributed by atoms with Crippen LogP contribution in [0.25, 0.3) is 66.8 Å². The molecule has 0 radical (unpaired) electrons. The minimum Gasteiger partial charge on any atom is -0.289 e. The summed E-state index contributed by atoms with van der Waals surface area (Å²) in [4.78, 5) is 16.2. The molecule has 80 heavy (non-hydrogen) atoms. The van der Waals surface area contributed by atoms with Gasteiger partial charge >= 0.3 is 0 Å². The van der Waals surface area contributed by atoms with Crippen LogP contribution >= 0.6 is 0 Å². The summed E-state index contributed by atoms with van der Waals surface area (Å²) in [6.07, 6.45) is 35.2. The SMILES string of the molecule is C#Cc1cccc(C2=C(c3ccc(-c4ccc(CCCCCCCCCCCC)cc4)c(-c4ccccc4)c3)C(=O)C(c3ccc(-c4ccc(CCCCCCCCCCCC)cc4)c(-c4ccccc4)c3)=C2c2ccccc2)c1. The van der Waals surface area contributed by atoms with Gasteiger partial charge in [-0.3, -0.25) is 4.79 Å². The van der Waals surface area contributed by atoms with Crippen LogP contribution in [0.15, 0.2) is 200 Å².